The van der Waals surface area contributed by atoms with Gasteiger partial charge in [-0.05, 0) is 37.6 Å². The van der Waals surface area contributed by atoms with E-state index in [-0.39, 0.29) is 6.04 Å². The average Bonchev–Trinajstić information content (AvgIpc) is 3.10. The summed E-state index contributed by atoms with van der Waals surface area (Å²) < 4.78 is 16.6. The Morgan fingerprint density at radius 1 is 1.38 bits per heavy atom. The molecule has 0 bridgehead atoms. The van der Waals surface area contributed by atoms with Crippen LogP contribution in [0.2, 0.25) is 0 Å². The molecule has 0 spiro atoms. The van der Waals surface area contributed by atoms with Crippen LogP contribution in [0.25, 0.3) is 5.69 Å². The minimum absolute atomic E-state index is 0.262. The highest BCUT2D eigenvalue weighted by molar-refractivity contribution is 5.41. The van der Waals surface area contributed by atoms with Crippen molar-refractivity contribution in [1.82, 2.24) is 24.5 Å². The zero-order chi connectivity index (χ0) is 15.0. The fourth-order valence-corrected chi connectivity index (χ4v) is 2.27. The van der Waals surface area contributed by atoms with Crippen molar-refractivity contribution in [1.29, 1.82) is 0 Å². The van der Waals surface area contributed by atoms with Crippen LogP contribution in [0.15, 0.2) is 41.5 Å². The number of benzene rings is 1. The first kappa shape index (κ1) is 13.3. The summed E-state index contributed by atoms with van der Waals surface area (Å²) in [5.41, 5.74) is 0.856. The Kier molecular flexibility index (Phi) is 3.17. The second-order valence-electron chi connectivity index (χ2n) is 4.82. The maximum atomic E-state index is 13.5. The van der Waals surface area contributed by atoms with E-state index in [4.69, 9.17) is 0 Å². The topological polar surface area (TPSA) is 68.5 Å². The summed E-state index contributed by atoms with van der Waals surface area (Å²) in [6.45, 7) is 3.68. The zero-order valence-electron chi connectivity index (χ0n) is 11.6. The van der Waals surface area contributed by atoms with Gasteiger partial charge in [-0.1, -0.05) is 6.07 Å². The second-order valence-corrected chi connectivity index (χ2v) is 4.82. The number of nitrogens with one attached hydrogen (secondary N) is 1. The van der Waals surface area contributed by atoms with Gasteiger partial charge in [0.05, 0.1) is 5.69 Å². The van der Waals surface area contributed by atoms with Crippen LogP contribution in [0, 0.1) is 12.7 Å². The quantitative estimate of drug-likeness (QED) is 0.799. The molecule has 0 unspecified atom stereocenters. The maximum absolute atomic E-state index is 13.5. The summed E-state index contributed by atoms with van der Waals surface area (Å²) in [6.07, 6.45) is 3.44. The fraction of sp³-hybridized carbons (Fsp3) is 0.214. The molecule has 0 aliphatic heterocycles. The Labute approximate surface area is 119 Å². The van der Waals surface area contributed by atoms with Gasteiger partial charge >= 0.3 is 5.69 Å². The van der Waals surface area contributed by atoms with E-state index < -0.39 is 11.5 Å². The van der Waals surface area contributed by atoms with Crippen LogP contribution >= 0.6 is 0 Å². The largest absolute Gasteiger partial charge is 0.348 e. The molecule has 2 aromatic heterocycles. The molecular weight excluding hydrogens is 273 g/mol. The fourth-order valence-electron chi connectivity index (χ4n) is 2.27. The molecule has 0 fully saturated rings. The van der Waals surface area contributed by atoms with E-state index >= 15 is 0 Å². The lowest BCUT2D eigenvalue weighted by Gasteiger charge is -2.14. The van der Waals surface area contributed by atoms with Crippen LogP contribution in [0.5, 0.6) is 0 Å². The number of aryl methyl sites for hydroxylation is 1. The van der Waals surface area contributed by atoms with Crippen molar-refractivity contribution in [3.8, 4) is 5.69 Å². The SMILES string of the molecule is Cc1ccc(F)cc1-n1c([C@@H](C)n2cccn2)n[nH]c1=O. The van der Waals surface area contributed by atoms with Crippen LogP contribution in [-0.2, 0) is 0 Å². The lowest BCUT2D eigenvalue weighted by atomic mass is 10.2. The minimum atomic E-state index is -0.405. The average molecular weight is 287 g/mol. The van der Waals surface area contributed by atoms with Gasteiger partial charge in [0.1, 0.15) is 11.9 Å². The van der Waals surface area contributed by atoms with Crippen molar-refractivity contribution in [3.05, 3.63) is 64.3 Å². The van der Waals surface area contributed by atoms with Crippen molar-refractivity contribution in [2.45, 2.75) is 19.9 Å². The van der Waals surface area contributed by atoms with E-state index in [2.05, 4.69) is 15.3 Å². The van der Waals surface area contributed by atoms with Gasteiger partial charge in [-0.25, -0.2) is 18.9 Å². The first-order chi connectivity index (χ1) is 10.1. The molecule has 2 heterocycles. The number of aromatic nitrogens is 5. The molecule has 1 N–H and O–H groups in total. The van der Waals surface area contributed by atoms with E-state index in [1.54, 1.807) is 29.2 Å². The third-order valence-electron chi connectivity index (χ3n) is 3.41. The van der Waals surface area contributed by atoms with Crippen molar-refractivity contribution < 1.29 is 4.39 Å². The smallest absolute Gasteiger partial charge is 0.262 e. The third-order valence-corrected chi connectivity index (χ3v) is 3.41. The van der Waals surface area contributed by atoms with Crippen LogP contribution < -0.4 is 5.69 Å². The Bertz CT molecular complexity index is 818. The Morgan fingerprint density at radius 3 is 2.90 bits per heavy atom. The molecule has 0 radical (unpaired) electrons. The molecule has 0 aliphatic rings. The number of halogens is 1. The Balaban J connectivity index is 2.18. The zero-order valence-corrected chi connectivity index (χ0v) is 11.6. The van der Waals surface area contributed by atoms with Crippen LogP contribution in [-0.4, -0.2) is 24.5 Å². The van der Waals surface area contributed by atoms with Crippen LogP contribution in [0.1, 0.15) is 24.4 Å². The standard InChI is InChI=1S/C14H14FN5O/c1-9-4-5-11(15)8-12(9)20-13(17-18-14(20)21)10(2)19-7-3-6-16-19/h3-8,10H,1-2H3,(H,18,21)/t10-/m1/s1. The lowest BCUT2D eigenvalue weighted by molar-refractivity contribution is 0.526. The summed E-state index contributed by atoms with van der Waals surface area (Å²) >= 11 is 0. The molecule has 108 valence electrons. The number of hydrogen-bond acceptors (Lipinski definition) is 3. The molecule has 6 nitrogen and oxygen atoms in total. The molecule has 0 saturated heterocycles. The monoisotopic (exact) mass is 287 g/mol. The molecule has 1 atom stereocenters. The van der Waals surface area contributed by atoms with Crippen molar-refractivity contribution >= 4 is 0 Å². The molecule has 3 aromatic rings. The molecule has 21 heavy (non-hydrogen) atoms. The summed E-state index contributed by atoms with van der Waals surface area (Å²) in [5.74, 6) is 0.0683. The normalized spacial score (nSPS) is 12.5. The highest BCUT2D eigenvalue weighted by atomic mass is 19.1. The molecule has 0 aliphatic carbocycles. The highest BCUT2D eigenvalue weighted by Gasteiger charge is 2.19. The summed E-state index contributed by atoms with van der Waals surface area (Å²) in [7, 11) is 0. The number of H-pyrrole nitrogens is 1. The van der Waals surface area contributed by atoms with Gasteiger partial charge in [0.15, 0.2) is 5.82 Å². The highest BCUT2D eigenvalue weighted by Crippen LogP contribution is 2.20. The van der Waals surface area contributed by atoms with Crippen LogP contribution in [0.3, 0.4) is 0 Å². The first-order valence-corrected chi connectivity index (χ1v) is 6.51. The molecule has 1 aromatic carbocycles. The maximum Gasteiger partial charge on any atom is 0.348 e. The summed E-state index contributed by atoms with van der Waals surface area (Å²) in [6, 6.07) is 5.85. The predicted octanol–water partition coefficient (Wildman–Crippen LogP) is 1.81. The number of nitrogens with zero attached hydrogens (tertiary/aromatic N) is 4. The summed E-state index contributed by atoms with van der Waals surface area (Å²) in [4.78, 5) is 12.1. The first-order valence-electron chi connectivity index (χ1n) is 6.51. The van der Waals surface area contributed by atoms with Crippen molar-refractivity contribution in [2.24, 2.45) is 0 Å². The van der Waals surface area contributed by atoms with E-state index in [0.29, 0.717) is 11.5 Å². The molecule has 0 saturated carbocycles. The molecule has 7 heteroatoms. The Hall–Kier alpha value is -2.70. The van der Waals surface area contributed by atoms with Gasteiger partial charge < -0.3 is 0 Å². The lowest BCUT2D eigenvalue weighted by Crippen LogP contribution is -2.21. The number of aromatic amines is 1. The van der Waals surface area contributed by atoms with Crippen LogP contribution in [0.4, 0.5) is 4.39 Å². The number of rotatable bonds is 3. The second kappa shape index (κ2) is 5.01. The van der Waals surface area contributed by atoms with Crippen molar-refractivity contribution in [3.63, 3.8) is 0 Å². The van der Waals surface area contributed by atoms with Gasteiger partial charge in [0, 0.05) is 12.4 Å². The number of hydrogen-bond donors (Lipinski definition) is 1. The predicted molar refractivity (Wildman–Crippen MR) is 74.9 cm³/mol. The third kappa shape index (κ3) is 2.26. The minimum Gasteiger partial charge on any atom is -0.262 e. The van der Waals surface area contributed by atoms with Crippen molar-refractivity contribution in [2.75, 3.05) is 0 Å². The molecule has 0 amide bonds. The van der Waals surface area contributed by atoms with Gasteiger partial charge in [-0.2, -0.15) is 10.2 Å². The van der Waals surface area contributed by atoms with E-state index in [1.807, 2.05) is 13.8 Å². The summed E-state index contributed by atoms with van der Waals surface area (Å²) in [5, 5.41) is 10.6. The Morgan fingerprint density at radius 2 is 2.19 bits per heavy atom. The van der Waals surface area contributed by atoms with Gasteiger partial charge in [0.25, 0.3) is 0 Å². The van der Waals surface area contributed by atoms with Gasteiger partial charge in [-0.15, -0.1) is 0 Å². The molecular formula is C14H14FN5O. The molecule has 3 rings (SSSR count). The van der Waals surface area contributed by atoms with E-state index in [1.165, 1.54) is 16.7 Å². The van der Waals surface area contributed by atoms with E-state index in [0.717, 1.165) is 5.56 Å². The van der Waals surface area contributed by atoms with E-state index in [9.17, 15) is 9.18 Å². The van der Waals surface area contributed by atoms with Gasteiger partial charge in [0.2, 0.25) is 0 Å². The van der Waals surface area contributed by atoms with Gasteiger partial charge in [-0.3, -0.25) is 4.68 Å².